The molecule has 0 unspecified atom stereocenters. The van der Waals surface area contributed by atoms with Crippen molar-refractivity contribution < 1.29 is 9.53 Å². The average Bonchev–Trinajstić information content (AvgIpc) is 2.48. The van der Waals surface area contributed by atoms with E-state index in [1.165, 1.54) is 12.7 Å². The Morgan fingerprint density at radius 2 is 2.10 bits per heavy atom. The van der Waals surface area contributed by atoms with Gasteiger partial charge in [0.05, 0.1) is 13.5 Å². The van der Waals surface area contributed by atoms with Gasteiger partial charge in [-0.1, -0.05) is 0 Å². The third kappa shape index (κ3) is 3.93. The van der Waals surface area contributed by atoms with E-state index < -0.39 is 0 Å². The summed E-state index contributed by atoms with van der Waals surface area (Å²) in [7, 11) is 1.43. The predicted molar refractivity (Wildman–Crippen MR) is 82.0 cm³/mol. The van der Waals surface area contributed by atoms with Crippen molar-refractivity contribution >= 4 is 27.7 Å². The predicted octanol–water partition coefficient (Wildman–Crippen LogP) is 1.84. The van der Waals surface area contributed by atoms with Crippen LogP contribution in [0.4, 0.5) is 5.82 Å². The third-order valence-electron chi connectivity index (χ3n) is 3.59. The maximum atomic E-state index is 11.1. The van der Waals surface area contributed by atoms with Gasteiger partial charge < -0.3 is 9.64 Å². The van der Waals surface area contributed by atoms with Crippen molar-refractivity contribution in [3.05, 3.63) is 22.3 Å². The fourth-order valence-corrected chi connectivity index (χ4v) is 2.47. The fourth-order valence-electron chi connectivity index (χ4n) is 2.25. The molecule has 5 nitrogen and oxygen atoms in total. The van der Waals surface area contributed by atoms with Crippen LogP contribution in [-0.4, -0.2) is 55.7 Å². The number of carbonyl (C=O) groups excluding carboxylic acids is 1. The normalized spacial score (nSPS) is 16.2. The van der Waals surface area contributed by atoms with Crippen LogP contribution < -0.4 is 4.90 Å². The van der Waals surface area contributed by atoms with Gasteiger partial charge in [0.15, 0.2) is 0 Å². The van der Waals surface area contributed by atoms with E-state index >= 15 is 0 Å². The van der Waals surface area contributed by atoms with Gasteiger partial charge in [0, 0.05) is 43.4 Å². The summed E-state index contributed by atoms with van der Waals surface area (Å²) < 4.78 is 5.71. The second-order valence-electron chi connectivity index (χ2n) is 4.95. The first-order valence-corrected chi connectivity index (χ1v) is 7.55. The number of aromatic nitrogens is 1. The minimum Gasteiger partial charge on any atom is -0.469 e. The highest BCUT2D eigenvalue weighted by atomic mass is 79.9. The number of anilines is 1. The molecule has 0 aromatic carbocycles. The van der Waals surface area contributed by atoms with Crippen LogP contribution >= 0.6 is 15.9 Å². The number of ether oxygens (including phenoxy) is 1. The molecule has 0 amide bonds. The van der Waals surface area contributed by atoms with E-state index in [2.05, 4.69) is 48.4 Å². The number of hydrogen-bond donors (Lipinski definition) is 0. The molecule has 1 fully saturated rings. The number of methoxy groups -OCH3 is 1. The van der Waals surface area contributed by atoms with Crippen molar-refractivity contribution in [2.75, 3.05) is 44.7 Å². The molecule has 2 rings (SSSR count). The Bertz CT molecular complexity index is 473. The number of halogens is 1. The van der Waals surface area contributed by atoms with Gasteiger partial charge in [0.25, 0.3) is 0 Å². The standard InChI is InChI=1S/C14H20BrN3O2/c1-11-9-13(16-10-12(11)15)18-7-5-17(6-8-18)4-3-14(19)20-2/h9-10H,3-8H2,1-2H3. The Morgan fingerprint density at radius 1 is 1.40 bits per heavy atom. The molecule has 0 radical (unpaired) electrons. The minimum atomic E-state index is -0.141. The largest absolute Gasteiger partial charge is 0.469 e. The fraction of sp³-hybridized carbons (Fsp3) is 0.571. The minimum absolute atomic E-state index is 0.141. The molecule has 0 atom stereocenters. The van der Waals surface area contributed by atoms with Crippen molar-refractivity contribution in [3.8, 4) is 0 Å². The van der Waals surface area contributed by atoms with E-state index in [-0.39, 0.29) is 5.97 Å². The number of esters is 1. The zero-order valence-corrected chi connectivity index (χ0v) is 13.5. The molecule has 20 heavy (non-hydrogen) atoms. The van der Waals surface area contributed by atoms with Gasteiger partial charge in [0.2, 0.25) is 0 Å². The Labute approximate surface area is 128 Å². The van der Waals surface area contributed by atoms with E-state index in [1.54, 1.807) is 0 Å². The van der Waals surface area contributed by atoms with Crippen LogP contribution in [-0.2, 0) is 9.53 Å². The third-order valence-corrected chi connectivity index (χ3v) is 4.42. The van der Waals surface area contributed by atoms with E-state index in [9.17, 15) is 4.79 Å². The van der Waals surface area contributed by atoms with Crippen LogP contribution in [0.15, 0.2) is 16.7 Å². The first-order chi connectivity index (χ1) is 9.60. The van der Waals surface area contributed by atoms with Crippen molar-refractivity contribution in [1.29, 1.82) is 0 Å². The van der Waals surface area contributed by atoms with Crippen LogP contribution in [0.25, 0.3) is 0 Å². The Hall–Kier alpha value is -1.14. The molecule has 0 N–H and O–H groups in total. The van der Waals surface area contributed by atoms with Gasteiger partial charge in [-0.05, 0) is 34.5 Å². The molecule has 6 heteroatoms. The molecule has 0 spiro atoms. The topological polar surface area (TPSA) is 45.7 Å². The van der Waals surface area contributed by atoms with Crippen LogP contribution in [0.3, 0.4) is 0 Å². The lowest BCUT2D eigenvalue weighted by molar-refractivity contribution is -0.141. The van der Waals surface area contributed by atoms with Crippen LogP contribution in [0.5, 0.6) is 0 Å². The number of nitrogens with zero attached hydrogens (tertiary/aromatic N) is 3. The summed E-state index contributed by atoms with van der Waals surface area (Å²) in [5.41, 5.74) is 1.20. The number of hydrogen-bond acceptors (Lipinski definition) is 5. The van der Waals surface area contributed by atoms with Crippen LogP contribution in [0.2, 0.25) is 0 Å². The van der Waals surface area contributed by atoms with Gasteiger partial charge in [-0.2, -0.15) is 0 Å². The quantitative estimate of drug-likeness (QED) is 0.782. The Kier molecular flexibility index (Phi) is 5.37. The molecular weight excluding hydrogens is 322 g/mol. The molecule has 110 valence electrons. The molecule has 1 saturated heterocycles. The highest BCUT2D eigenvalue weighted by Crippen LogP contribution is 2.20. The van der Waals surface area contributed by atoms with Crippen molar-refractivity contribution in [3.63, 3.8) is 0 Å². The summed E-state index contributed by atoms with van der Waals surface area (Å²) in [6.45, 7) is 6.63. The van der Waals surface area contributed by atoms with Gasteiger partial charge >= 0.3 is 5.97 Å². The second kappa shape index (κ2) is 7.04. The van der Waals surface area contributed by atoms with Crippen LogP contribution in [0, 0.1) is 6.92 Å². The van der Waals surface area contributed by atoms with Gasteiger partial charge in [-0.3, -0.25) is 9.69 Å². The Morgan fingerprint density at radius 3 is 2.70 bits per heavy atom. The lowest BCUT2D eigenvalue weighted by Gasteiger charge is -2.35. The summed E-state index contributed by atoms with van der Waals surface area (Å²) in [6, 6.07) is 2.11. The zero-order chi connectivity index (χ0) is 14.5. The number of pyridine rings is 1. The first-order valence-electron chi connectivity index (χ1n) is 6.76. The highest BCUT2D eigenvalue weighted by molar-refractivity contribution is 9.10. The smallest absolute Gasteiger partial charge is 0.306 e. The maximum Gasteiger partial charge on any atom is 0.306 e. The molecule has 2 heterocycles. The monoisotopic (exact) mass is 341 g/mol. The van der Waals surface area contributed by atoms with Crippen molar-refractivity contribution in [1.82, 2.24) is 9.88 Å². The molecular formula is C14H20BrN3O2. The second-order valence-corrected chi connectivity index (χ2v) is 5.80. The van der Waals surface area contributed by atoms with Gasteiger partial charge in [0.1, 0.15) is 5.82 Å². The van der Waals surface area contributed by atoms with Gasteiger partial charge in [-0.15, -0.1) is 0 Å². The van der Waals surface area contributed by atoms with E-state index in [1.807, 2.05) is 6.20 Å². The number of rotatable bonds is 4. The van der Waals surface area contributed by atoms with Crippen molar-refractivity contribution in [2.24, 2.45) is 0 Å². The zero-order valence-electron chi connectivity index (χ0n) is 11.9. The first kappa shape index (κ1) is 15.3. The summed E-state index contributed by atoms with van der Waals surface area (Å²) >= 11 is 3.47. The summed E-state index contributed by atoms with van der Waals surface area (Å²) in [6.07, 6.45) is 2.32. The summed E-state index contributed by atoms with van der Waals surface area (Å²) in [5, 5.41) is 0. The molecule has 1 aromatic heterocycles. The molecule has 1 aromatic rings. The highest BCUT2D eigenvalue weighted by Gasteiger charge is 2.18. The van der Waals surface area contributed by atoms with Crippen molar-refractivity contribution in [2.45, 2.75) is 13.3 Å². The lowest BCUT2D eigenvalue weighted by atomic mass is 10.2. The molecule has 0 bridgehead atoms. The maximum absolute atomic E-state index is 11.1. The van der Waals surface area contributed by atoms with E-state index in [0.29, 0.717) is 6.42 Å². The number of piperazine rings is 1. The van der Waals surface area contributed by atoms with E-state index in [4.69, 9.17) is 0 Å². The molecule has 0 saturated carbocycles. The molecule has 0 aliphatic carbocycles. The Balaban J connectivity index is 1.84. The van der Waals surface area contributed by atoms with Gasteiger partial charge in [-0.25, -0.2) is 4.98 Å². The SMILES string of the molecule is COC(=O)CCN1CCN(c2cc(C)c(Br)cn2)CC1. The molecule has 1 aliphatic rings. The summed E-state index contributed by atoms with van der Waals surface area (Å²) in [4.78, 5) is 20.2. The van der Waals surface area contributed by atoms with E-state index in [0.717, 1.165) is 43.0 Å². The number of aryl methyl sites for hydroxylation is 1. The lowest BCUT2D eigenvalue weighted by Crippen LogP contribution is -2.47. The summed E-state index contributed by atoms with van der Waals surface area (Å²) in [5.74, 6) is 0.885. The average molecular weight is 342 g/mol. The number of carbonyl (C=O) groups is 1. The van der Waals surface area contributed by atoms with Crippen LogP contribution in [0.1, 0.15) is 12.0 Å². The molecule has 1 aliphatic heterocycles.